The van der Waals surface area contributed by atoms with E-state index in [1.807, 2.05) is 80.1 Å². The fraction of sp³-hybridized carbons (Fsp3) is 0.292. The van der Waals surface area contributed by atoms with Crippen molar-refractivity contribution >= 4 is 17.7 Å². The predicted octanol–water partition coefficient (Wildman–Crippen LogP) is 4.66. The third kappa shape index (κ3) is 5.98. The van der Waals surface area contributed by atoms with E-state index in [4.69, 9.17) is 4.74 Å². The molecular formula is C24H28N4O2S. The molecule has 1 amide bonds. The van der Waals surface area contributed by atoms with E-state index in [0.717, 1.165) is 16.9 Å². The summed E-state index contributed by atoms with van der Waals surface area (Å²) in [5.74, 6) is 1.80. The molecule has 3 rings (SSSR count). The van der Waals surface area contributed by atoms with Crippen molar-refractivity contribution < 1.29 is 9.53 Å². The lowest BCUT2D eigenvalue weighted by Crippen LogP contribution is -2.31. The maximum Gasteiger partial charge on any atom is 0.233 e. The van der Waals surface area contributed by atoms with Crippen molar-refractivity contribution in [3.05, 3.63) is 84.2 Å². The van der Waals surface area contributed by atoms with E-state index in [-0.39, 0.29) is 17.7 Å². The summed E-state index contributed by atoms with van der Waals surface area (Å²) in [5, 5.41) is 9.23. The molecule has 0 aliphatic carbocycles. The third-order valence-corrected chi connectivity index (χ3v) is 6.00. The molecule has 2 aromatic carbocycles. The number of thioether (sulfide) groups is 1. The van der Waals surface area contributed by atoms with Gasteiger partial charge in [0, 0.05) is 13.6 Å². The Balaban J connectivity index is 1.63. The van der Waals surface area contributed by atoms with E-state index in [2.05, 4.69) is 16.8 Å². The molecule has 162 valence electrons. The standard InChI is InChI=1S/C24H28N4O2S/c1-5-14-28-22(16-30-21-13-9-10-18(2)15-21)25-26-24(28)31-17-23(29)27(4)19(3)20-11-7-6-8-12-20/h5-13,15,19H,1,14,16-17H2,2-4H3/t19-/m1/s1. The molecule has 0 saturated carbocycles. The topological polar surface area (TPSA) is 60.2 Å². The Morgan fingerprint density at radius 3 is 2.71 bits per heavy atom. The van der Waals surface area contributed by atoms with Crippen LogP contribution in [0, 0.1) is 6.92 Å². The van der Waals surface area contributed by atoms with Crippen molar-refractivity contribution in [3.8, 4) is 5.75 Å². The Kier molecular flexibility index (Phi) is 7.89. The van der Waals surface area contributed by atoms with Gasteiger partial charge in [0.15, 0.2) is 11.0 Å². The number of hydrogen-bond donors (Lipinski definition) is 0. The minimum atomic E-state index is -0.00126. The second kappa shape index (κ2) is 10.8. The molecule has 31 heavy (non-hydrogen) atoms. The summed E-state index contributed by atoms with van der Waals surface area (Å²) >= 11 is 1.38. The quantitative estimate of drug-likeness (QED) is 0.342. The molecule has 0 fully saturated rings. The molecule has 0 N–H and O–H groups in total. The van der Waals surface area contributed by atoms with Crippen molar-refractivity contribution in [1.29, 1.82) is 0 Å². The van der Waals surface area contributed by atoms with Crippen LogP contribution in [-0.4, -0.2) is 38.4 Å². The largest absolute Gasteiger partial charge is 0.486 e. The number of aromatic nitrogens is 3. The van der Waals surface area contributed by atoms with Gasteiger partial charge in [-0.05, 0) is 37.1 Å². The van der Waals surface area contributed by atoms with E-state index >= 15 is 0 Å². The van der Waals surface area contributed by atoms with Crippen LogP contribution in [0.5, 0.6) is 5.75 Å². The maximum absolute atomic E-state index is 12.8. The van der Waals surface area contributed by atoms with Crippen LogP contribution >= 0.6 is 11.8 Å². The average molecular weight is 437 g/mol. The minimum absolute atomic E-state index is 0.00126. The lowest BCUT2D eigenvalue weighted by molar-refractivity contribution is -0.128. The summed E-state index contributed by atoms with van der Waals surface area (Å²) in [7, 11) is 1.83. The Hall–Kier alpha value is -3.06. The van der Waals surface area contributed by atoms with Crippen LogP contribution in [0.4, 0.5) is 0 Å². The zero-order valence-corrected chi connectivity index (χ0v) is 19.0. The van der Waals surface area contributed by atoms with Gasteiger partial charge < -0.3 is 9.64 Å². The van der Waals surface area contributed by atoms with E-state index in [0.29, 0.717) is 24.1 Å². The number of carbonyl (C=O) groups is 1. The number of allylic oxidation sites excluding steroid dienone is 1. The van der Waals surface area contributed by atoms with Gasteiger partial charge in [-0.15, -0.1) is 16.8 Å². The number of nitrogens with zero attached hydrogens (tertiary/aromatic N) is 4. The van der Waals surface area contributed by atoms with Crippen molar-refractivity contribution in [3.63, 3.8) is 0 Å². The molecule has 0 unspecified atom stereocenters. The van der Waals surface area contributed by atoms with Gasteiger partial charge in [0.25, 0.3) is 0 Å². The van der Waals surface area contributed by atoms with Crippen molar-refractivity contribution in [1.82, 2.24) is 19.7 Å². The van der Waals surface area contributed by atoms with Gasteiger partial charge in [-0.25, -0.2) is 0 Å². The molecule has 0 bridgehead atoms. The molecule has 0 aliphatic rings. The van der Waals surface area contributed by atoms with Gasteiger partial charge in [-0.2, -0.15) is 0 Å². The smallest absolute Gasteiger partial charge is 0.233 e. The molecule has 1 atom stereocenters. The number of aryl methyl sites for hydroxylation is 1. The number of carbonyl (C=O) groups excluding carboxylic acids is 1. The highest BCUT2D eigenvalue weighted by atomic mass is 32.2. The molecule has 1 aromatic heterocycles. The fourth-order valence-corrected chi connectivity index (χ4v) is 3.99. The number of rotatable bonds is 10. The highest BCUT2D eigenvalue weighted by Gasteiger charge is 2.19. The molecule has 3 aromatic rings. The van der Waals surface area contributed by atoms with Crippen LogP contribution in [0.1, 0.15) is 29.9 Å². The number of ether oxygens (including phenoxy) is 1. The van der Waals surface area contributed by atoms with Crippen LogP contribution in [0.25, 0.3) is 0 Å². The Morgan fingerprint density at radius 2 is 2.00 bits per heavy atom. The Morgan fingerprint density at radius 1 is 1.23 bits per heavy atom. The van der Waals surface area contributed by atoms with Crippen molar-refractivity contribution in [2.45, 2.75) is 38.2 Å². The SMILES string of the molecule is C=CCn1c(COc2cccc(C)c2)nnc1SCC(=O)N(C)[C@H](C)c1ccccc1. The van der Waals surface area contributed by atoms with Gasteiger partial charge in [0.2, 0.25) is 5.91 Å². The molecule has 0 aliphatic heterocycles. The van der Waals surface area contributed by atoms with Gasteiger partial charge in [-0.1, -0.05) is 60.3 Å². The summed E-state index contributed by atoms with van der Waals surface area (Å²) < 4.78 is 7.81. The molecule has 0 radical (unpaired) electrons. The zero-order valence-electron chi connectivity index (χ0n) is 18.2. The van der Waals surface area contributed by atoms with Crippen LogP contribution in [-0.2, 0) is 17.9 Å². The summed E-state index contributed by atoms with van der Waals surface area (Å²) in [4.78, 5) is 14.5. The van der Waals surface area contributed by atoms with E-state index in [1.54, 1.807) is 11.0 Å². The first kappa shape index (κ1) is 22.6. The normalized spacial score (nSPS) is 11.7. The monoisotopic (exact) mass is 436 g/mol. The second-order valence-electron chi connectivity index (χ2n) is 7.28. The summed E-state index contributed by atoms with van der Waals surface area (Å²) in [6.45, 7) is 8.72. The van der Waals surface area contributed by atoms with E-state index in [1.165, 1.54) is 11.8 Å². The van der Waals surface area contributed by atoms with Gasteiger partial charge in [-0.3, -0.25) is 9.36 Å². The molecular weight excluding hydrogens is 408 g/mol. The number of hydrogen-bond acceptors (Lipinski definition) is 5. The van der Waals surface area contributed by atoms with Crippen LogP contribution in [0.2, 0.25) is 0 Å². The lowest BCUT2D eigenvalue weighted by Gasteiger charge is -2.25. The molecule has 0 saturated heterocycles. The first-order valence-electron chi connectivity index (χ1n) is 10.2. The first-order valence-corrected chi connectivity index (χ1v) is 11.1. The third-order valence-electron chi connectivity index (χ3n) is 5.04. The average Bonchev–Trinajstić information content (AvgIpc) is 3.17. The Bertz CT molecular complexity index is 1020. The van der Waals surface area contributed by atoms with Crippen LogP contribution in [0.3, 0.4) is 0 Å². The van der Waals surface area contributed by atoms with Crippen molar-refractivity contribution in [2.24, 2.45) is 0 Å². The second-order valence-corrected chi connectivity index (χ2v) is 8.23. The Labute approximate surface area is 187 Å². The predicted molar refractivity (Wildman–Crippen MR) is 124 cm³/mol. The zero-order chi connectivity index (χ0) is 22.2. The van der Waals surface area contributed by atoms with E-state index in [9.17, 15) is 4.79 Å². The van der Waals surface area contributed by atoms with Crippen LogP contribution < -0.4 is 4.74 Å². The fourth-order valence-electron chi connectivity index (χ4n) is 3.10. The van der Waals surface area contributed by atoms with E-state index < -0.39 is 0 Å². The van der Waals surface area contributed by atoms with Crippen molar-refractivity contribution in [2.75, 3.05) is 12.8 Å². The maximum atomic E-state index is 12.8. The highest BCUT2D eigenvalue weighted by molar-refractivity contribution is 7.99. The lowest BCUT2D eigenvalue weighted by atomic mass is 10.1. The molecule has 0 spiro atoms. The highest BCUT2D eigenvalue weighted by Crippen LogP contribution is 2.23. The van der Waals surface area contributed by atoms with Gasteiger partial charge in [0.05, 0.1) is 11.8 Å². The first-order chi connectivity index (χ1) is 15.0. The summed E-state index contributed by atoms with van der Waals surface area (Å²) in [6, 6.07) is 17.9. The number of amides is 1. The molecule has 7 heteroatoms. The molecule has 6 nitrogen and oxygen atoms in total. The number of benzene rings is 2. The summed E-state index contributed by atoms with van der Waals surface area (Å²) in [5.41, 5.74) is 2.24. The van der Waals surface area contributed by atoms with Gasteiger partial charge in [0.1, 0.15) is 12.4 Å². The van der Waals surface area contributed by atoms with Gasteiger partial charge >= 0.3 is 0 Å². The summed E-state index contributed by atoms with van der Waals surface area (Å²) in [6.07, 6.45) is 1.79. The van der Waals surface area contributed by atoms with Crippen LogP contribution in [0.15, 0.2) is 72.4 Å². The minimum Gasteiger partial charge on any atom is -0.486 e. The molecule has 1 heterocycles.